The molecule has 1 aliphatic carbocycles. The van der Waals surface area contributed by atoms with Gasteiger partial charge in [-0.2, -0.15) is 0 Å². The van der Waals surface area contributed by atoms with Crippen molar-refractivity contribution in [3.8, 4) is 0 Å². The molecule has 0 heterocycles. The molecule has 1 aromatic rings. The van der Waals surface area contributed by atoms with E-state index in [1.807, 2.05) is 18.2 Å². The maximum Gasteiger partial charge on any atom is 0.104 e. The van der Waals surface area contributed by atoms with Crippen LogP contribution in [0, 0.1) is 0 Å². The van der Waals surface area contributed by atoms with Gasteiger partial charge in [0.15, 0.2) is 0 Å². The monoisotopic (exact) mass is 282 g/mol. The minimum Gasteiger partial charge on any atom is -0.389 e. The lowest BCUT2D eigenvalue weighted by atomic mass is 9.94. The predicted octanol–water partition coefficient (Wildman–Crippen LogP) is 3.74. The zero-order chi connectivity index (χ0) is 13.1. The number of rotatable bonds is 3. The van der Waals surface area contributed by atoms with Crippen LogP contribution in [0.2, 0.25) is 5.02 Å². The minimum atomic E-state index is 0.392. The number of thiocarbonyl (C=S) groups is 1. The quantitative estimate of drug-likeness (QED) is 0.857. The van der Waals surface area contributed by atoms with Crippen LogP contribution in [-0.2, 0) is 0 Å². The summed E-state index contributed by atoms with van der Waals surface area (Å²) < 4.78 is 0. The summed E-state index contributed by atoms with van der Waals surface area (Å²) in [7, 11) is 2.12. The fraction of sp³-hybridized carbons (Fsp3) is 0.500. The zero-order valence-electron chi connectivity index (χ0n) is 10.7. The van der Waals surface area contributed by atoms with Gasteiger partial charge in [-0.15, -0.1) is 0 Å². The predicted molar refractivity (Wildman–Crippen MR) is 82.6 cm³/mol. The third kappa shape index (κ3) is 2.96. The molecule has 4 heteroatoms. The maximum atomic E-state index is 6.33. The normalized spacial score (nSPS) is 16.6. The number of anilines is 1. The molecule has 0 radical (unpaired) electrons. The van der Waals surface area contributed by atoms with Crippen molar-refractivity contribution in [1.82, 2.24) is 0 Å². The summed E-state index contributed by atoms with van der Waals surface area (Å²) in [5.41, 5.74) is 7.51. The Morgan fingerprint density at radius 2 is 2.00 bits per heavy atom. The van der Waals surface area contributed by atoms with Crippen molar-refractivity contribution in [1.29, 1.82) is 0 Å². The molecule has 0 aliphatic heterocycles. The second-order valence-electron chi connectivity index (χ2n) is 4.93. The van der Waals surface area contributed by atoms with Gasteiger partial charge in [0.25, 0.3) is 0 Å². The molecule has 98 valence electrons. The number of hydrogen-bond donors (Lipinski definition) is 1. The molecule has 1 fully saturated rings. The first-order valence-corrected chi connectivity index (χ1v) is 7.20. The minimum absolute atomic E-state index is 0.392. The van der Waals surface area contributed by atoms with Crippen molar-refractivity contribution in [3.63, 3.8) is 0 Å². The molecule has 2 N–H and O–H groups in total. The Bertz CT molecular complexity index is 441. The lowest BCUT2D eigenvalue weighted by Gasteiger charge is -2.33. The first-order valence-electron chi connectivity index (χ1n) is 6.42. The largest absolute Gasteiger partial charge is 0.389 e. The Kier molecular flexibility index (Phi) is 4.46. The molecule has 1 aromatic carbocycles. The number of halogens is 1. The highest BCUT2D eigenvalue weighted by Crippen LogP contribution is 2.31. The smallest absolute Gasteiger partial charge is 0.104 e. The van der Waals surface area contributed by atoms with Gasteiger partial charge in [0.05, 0.1) is 10.7 Å². The molecule has 1 saturated carbocycles. The summed E-state index contributed by atoms with van der Waals surface area (Å²) in [5.74, 6) is 0. The third-order valence-corrected chi connectivity index (χ3v) is 4.27. The molecule has 18 heavy (non-hydrogen) atoms. The van der Waals surface area contributed by atoms with Gasteiger partial charge < -0.3 is 10.6 Å². The first kappa shape index (κ1) is 13.6. The van der Waals surface area contributed by atoms with Crippen LogP contribution >= 0.6 is 23.8 Å². The number of nitrogens with two attached hydrogens (primary N) is 1. The Balaban J connectivity index is 2.19. The van der Waals surface area contributed by atoms with Crippen LogP contribution < -0.4 is 10.6 Å². The lowest BCUT2D eigenvalue weighted by molar-refractivity contribution is 0.427. The summed E-state index contributed by atoms with van der Waals surface area (Å²) >= 11 is 11.3. The second kappa shape index (κ2) is 5.89. The summed E-state index contributed by atoms with van der Waals surface area (Å²) in [6.07, 6.45) is 6.50. The van der Waals surface area contributed by atoms with E-state index in [1.54, 1.807) is 0 Å². The highest BCUT2D eigenvalue weighted by molar-refractivity contribution is 7.80. The molecule has 0 saturated heterocycles. The van der Waals surface area contributed by atoms with Gasteiger partial charge in [-0.25, -0.2) is 0 Å². The lowest BCUT2D eigenvalue weighted by Crippen LogP contribution is -2.33. The third-order valence-electron chi connectivity index (χ3n) is 3.73. The Labute approximate surface area is 119 Å². The first-order chi connectivity index (χ1) is 8.59. The van der Waals surface area contributed by atoms with E-state index in [-0.39, 0.29) is 0 Å². The van der Waals surface area contributed by atoms with Gasteiger partial charge in [0, 0.05) is 18.7 Å². The van der Waals surface area contributed by atoms with Crippen molar-refractivity contribution >= 4 is 34.5 Å². The molecule has 0 atom stereocenters. The van der Waals surface area contributed by atoms with Crippen LogP contribution in [0.15, 0.2) is 18.2 Å². The summed E-state index contributed by atoms with van der Waals surface area (Å²) in [5, 5.41) is 0.730. The fourth-order valence-corrected chi connectivity index (χ4v) is 3.05. The summed E-state index contributed by atoms with van der Waals surface area (Å²) in [6, 6.07) is 6.43. The molecular formula is C14H19ClN2S. The average Bonchev–Trinajstić information content (AvgIpc) is 2.38. The van der Waals surface area contributed by atoms with Crippen molar-refractivity contribution in [3.05, 3.63) is 28.8 Å². The van der Waals surface area contributed by atoms with Gasteiger partial charge in [-0.3, -0.25) is 0 Å². The standard InChI is InChI=1S/C14H19ClN2S/c1-17(11-5-3-2-4-6-11)13-8-7-10(14(16)18)9-12(13)15/h7-9,11H,2-6H2,1H3,(H2,16,18). The van der Waals surface area contributed by atoms with E-state index in [0.29, 0.717) is 11.0 Å². The number of hydrogen-bond acceptors (Lipinski definition) is 2. The Morgan fingerprint density at radius 3 is 2.56 bits per heavy atom. The molecule has 0 amide bonds. The van der Waals surface area contributed by atoms with Crippen LogP contribution in [0.25, 0.3) is 0 Å². The van der Waals surface area contributed by atoms with E-state index in [2.05, 4.69) is 11.9 Å². The van der Waals surface area contributed by atoms with Crippen molar-refractivity contribution in [2.45, 2.75) is 38.1 Å². The van der Waals surface area contributed by atoms with E-state index < -0.39 is 0 Å². The topological polar surface area (TPSA) is 29.3 Å². The van der Waals surface area contributed by atoms with E-state index in [0.717, 1.165) is 16.3 Å². The van der Waals surface area contributed by atoms with E-state index in [4.69, 9.17) is 29.6 Å². The molecule has 0 aromatic heterocycles. The zero-order valence-corrected chi connectivity index (χ0v) is 12.2. The van der Waals surface area contributed by atoms with Crippen molar-refractivity contribution in [2.24, 2.45) is 5.73 Å². The molecule has 2 nitrogen and oxygen atoms in total. The Hall–Kier alpha value is -0.800. The van der Waals surface area contributed by atoms with Gasteiger partial charge in [-0.1, -0.05) is 43.1 Å². The average molecular weight is 283 g/mol. The van der Waals surface area contributed by atoms with Crippen molar-refractivity contribution < 1.29 is 0 Å². The molecular weight excluding hydrogens is 264 g/mol. The second-order valence-corrected chi connectivity index (χ2v) is 5.78. The van der Waals surface area contributed by atoms with Crippen LogP contribution in [0.1, 0.15) is 37.7 Å². The summed E-state index contributed by atoms with van der Waals surface area (Å²) in [6.45, 7) is 0. The van der Waals surface area contributed by atoms with Crippen LogP contribution in [0.3, 0.4) is 0 Å². The van der Waals surface area contributed by atoms with Gasteiger partial charge in [0.2, 0.25) is 0 Å². The molecule has 1 aliphatic rings. The maximum absolute atomic E-state index is 6.33. The van der Waals surface area contributed by atoms with Gasteiger partial charge >= 0.3 is 0 Å². The molecule has 0 bridgehead atoms. The van der Waals surface area contributed by atoms with E-state index in [1.165, 1.54) is 32.1 Å². The van der Waals surface area contributed by atoms with Crippen molar-refractivity contribution in [2.75, 3.05) is 11.9 Å². The SMILES string of the molecule is CN(c1ccc(C(N)=S)cc1Cl)C1CCCCC1. The molecule has 2 rings (SSSR count). The summed E-state index contributed by atoms with van der Waals surface area (Å²) in [4.78, 5) is 2.69. The highest BCUT2D eigenvalue weighted by atomic mass is 35.5. The van der Waals surface area contributed by atoms with Gasteiger partial charge in [-0.05, 0) is 31.0 Å². The van der Waals surface area contributed by atoms with E-state index in [9.17, 15) is 0 Å². The Morgan fingerprint density at radius 1 is 1.33 bits per heavy atom. The number of benzene rings is 1. The molecule has 0 spiro atoms. The number of nitrogens with zero attached hydrogens (tertiary/aromatic N) is 1. The van der Waals surface area contributed by atoms with Crippen LogP contribution in [0.5, 0.6) is 0 Å². The van der Waals surface area contributed by atoms with Crippen LogP contribution in [-0.4, -0.2) is 18.1 Å². The van der Waals surface area contributed by atoms with Gasteiger partial charge in [0.1, 0.15) is 4.99 Å². The highest BCUT2D eigenvalue weighted by Gasteiger charge is 2.20. The van der Waals surface area contributed by atoms with E-state index >= 15 is 0 Å². The molecule has 0 unspecified atom stereocenters. The fourth-order valence-electron chi connectivity index (χ4n) is 2.61. The van der Waals surface area contributed by atoms with Crippen LogP contribution in [0.4, 0.5) is 5.69 Å².